The molecule has 0 unspecified atom stereocenters. The number of alkyl halides is 2. The first-order valence-electron chi connectivity index (χ1n) is 15.9. The summed E-state index contributed by atoms with van der Waals surface area (Å²) in [5.74, 6) is -0.753. The van der Waals surface area contributed by atoms with E-state index in [0.717, 1.165) is 16.6 Å². The summed E-state index contributed by atoms with van der Waals surface area (Å²) in [5.41, 5.74) is 9.50. The van der Waals surface area contributed by atoms with Gasteiger partial charge in [0.2, 0.25) is 0 Å². The van der Waals surface area contributed by atoms with Gasteiger partial charge in [-0.05, 0) is 42.5 Å². The number of carbonyl (C=O) groups is 4. The SMILES string of the molecule is Cl.Cn1cc(NC(=O)c2cc(NC(=O)c3cc(NC(=O)c4cc5cc(N(CCCl)CCCl)ccc5[nH]4)cn3C)cn2C)cc1C(=O)NCCC(=N)N. The highest BCUT2D eigenvalue weighted by Crippen LogP contribution is 2.25. The Morgan fingerprint density at radius 3 is 1.71 bits per heavy atom. The second kappa shape index (κ2) is 17.2. The first kappa shape index (κ1) is 39.4. The van der Waals surface area contributed by atoms with Gasteiger partial charge in [0.25, 0.3) is 23.6 Å². The monoisotopic (exact) mass is 771 g/mol. The minimum absolute atomic E-state index is 0. The van der Waals surface area contributed by atoms with Crippen LogP contribution in [-0.4, -0.2) is 79.5 Å². The van der Waals surface area contributed by atoms with Crippen LogP contribution in [0.15, 0.2) is 61.1 Å². The zero-order valence-electron chi connectivity index (χ0n) is 28.7. The lowest BCUT2D eigenvalue weighted by molar-refractivity contribution is 0.0944. The molecule has 0 aliphatic heterocycles. The van der Waals surface area contributed by atoms with E-state index in [1.54, 1.807) is 65.6 Å². The van der Waals surface area contributed by atoms with Gasteiger partial charge >= 0.3 is 0 Å². The van der Waals surface area contributed by atoms with Crippen molar-refractivity contribution in [2.24, 2.45) is 26.9 Å². The Morgan fingerprint density at radius 2 is 1.23 bits per heavy atom. The number of H-pyrrole nitrogens is 1. The average Bonchev–Trinajstić information content (AvgIpc) is 3.85. The van der Waals surface area contributed by atoms with Gasteiger partial charge < -0.3 is 50.6 Å². The van der Waals surface area contributed by atoms with Gasteiger partial charge in [-0.3, -0.25) is 24.6 Å². The van der Waals surface area contributed by atoms with Crippen LogP contribution in [0.4, 0.5) is 22.7 Å². The van der Waals surface area contributed by atoms with Crippen LogP contribution < -0.4 is 31.9 Å². The average molecular weight is 773 g/mol. The highest BCUT2D eigenvalue weighted by atomic mass is 35.5. The fourth-order valence-electron chi connectivity index (χ4n) is 5.58. The number of amides is 4. The summed E-state index contributed by atoms with van der Waals surface area (Å²) >= 11 is 11.9. The topological polar surface area (TPSA) is 200 Å². The molecule has 5 rings (SSSR count). The van der Waals surface area contributed by atoms with E-state index in [1.165, 1.54) is 12.1 Å². The third-order valence-corrected chi connectivity index (χ3v) is 8.43. The normalized spacial score (nSPS) is 10.8. The number of aromatic nitrogens is 4. The summed E-state index contributed by atoms with van der Waals surface area (Å²) in [5, 5.41) is 19.2. The first-order valence-corrected chi connectivity index (χ1v) is 17.0. The van der Waals surface area contributed by atoms with Gasteiger partial charge in [-0.25, -0.2) is 0 Å². The lowest BCUT2D eigenvalue weighted by Crippen LogP contribution is -2.28. The molecule has 4 heterocycles. The summed E-state index contributed by atoms with van der Waals surface area (Å²) in [6.45, 7) is 1.51. The van der Waals surface area contributed by atoms with Gasteiger partial charge in [0, 0.05) is 94.1 Å². The number of amidine groups is 1. The molecule has 0 fully saturated rings. The summed E-state index contributed by atoms with van der Waals surface area (Å²) in [4.78, 5) is 57.3. The summed E-state index contributed by atoms with van der Waals surface area (Å²) in [6.07, 6.45) is 5.06. The van der Waals surface area contributed by atoms with Crippen LogP contribution >= 0.6 is 35.6 Å². The molecule has 0 saturated carbocycles. The van der Waals surface area contributed by atoms with Crippen molar-refractivity contribution in [1.29, 1.82) is 5.41 Å². The molecule has 0 saturated heterocycles. The predicted molar refractivity (Wildman–Crippen MR) is 208 cm³/mol. The van der Waals surface area contributed by atoms with Gasteiger partial charge in [0.15, 0.2) is 0 Å². The van der Waals surface area contributed by atoms with Crippen LogP contribution in [-0.2, 0) is 21.1 Å². The van der Waals surface area contributed by atoms with Gasteiger partial charge in [-0.2, -0.15) is 0 Å². The molecule has 276 valence electrons. The number of nitrogens with two attached hydrogens (primary N) is 1. The standard InChI is InChI=1S/C34H39Cl2N11O4.ClH/c1-44-18-22(14-27(44)32(49)39-9-6-30(37)38)41-34(51)29-16-23(19-46(29)3)42-33(50)28-15-21(17-45(28)2)40-31(48)26-13-20-12-24(4-5-25(20)43-26)47(10-7-35)11-8-36;/h4-5,12-19,43H,6-11H2,1-3H3,(H3,37,38)(H,39,49)(H,40,48)(H,41,51)(H,42,50);1H. The van der Waals surface area contributed by atoms with E-state index >= 15 is 0 Å². The Kier molecular flexibility index (Phi) is 13.1. The van der Waals surface area contributed by atoms with E-state index in [0.29, 0.717) is 53.3 Å². The van der Waals surface area contributed by atoms with Crippen LogP contribution in [0.1, 0.15) is 48.4 Å². The largest absolute Gasteiger partial charge is 0.388 e. The van der Waals surface area contributed by atoms with Crippen molar-refractivity contribution in [1.82, 2.24) is 24.0 Å². The van der Waals surface area contributed by atoms with E-state index in [1.807, 2.05) is 18.2 Å². The molecule has 5 aromatic rings. The van der Waals surface area contributed by atoms with E-state index in [4.69, 9.17) is 34.3 Å². The number of carbonyl (C=O) groups excluding carboxylic acids is 4. The molecule has 4 amide bonds. The zero-order chi connectivity index (χ0) is 36.8. The number of aryl methyl sites for hydroxylation is 3. The lowest BCUT2D eigenvalue weighted by Gasteiger charge is -2.22. The number of fused-ring (bicyclic) bond motifs is 1. The highest BCUT2D eigenvalue weighted by molar-refractivity contribution is 6.18. The van der Waals surface area contributed by atoms with Gasteiger partial charge in [-0.15, -0.1) is 35.6 Å². The van der Waals surface area contributed by atoms with Crippen molar-refractivity contribution in [3.8, 4) is 0 Å². The molecule has 0 atom stereocenters. The summed E-state index contributed by atoms with van der Waals surface area (Å²) in [6, 6.07) is 12.2. The Hall–Kier alpha value is -5.38. The third-order valence-electron chi connectivity index (χ3n) is 8.09. The number of nitrogens with zero attached hydrogens (tertiary/aromatic N) is 4. The number of nitrogens with one attached hydrogen (secondary N) is 6. The molecular formula is C34H40Cl3N11O4. The maximum absolute atomic E-state index is 13.3. The Labute approximate surface area is 315 Å². The number of halogens is 3. The smallest absolute Gasteiger partial charge is 0.272 e. The van der Waals surface area contributed by atoms with Crippen molar-refractivity contribution in [3.63, 3.8) is 0 Å². The molecule has 18 heteroatoms. The van der Waals surface area contributed by atoms with Crippen molar-refractivity contribution < 1.29 is 19.2 Å². The molecule has 52 heavy (non-hydrogen) atoms. The van der Waals surface area contributed by atoms with Gasteiger partial charge in [-0.1, -0.05) is 0 Å². The van der Waals surface area contributed by atoms with E-state index in [2.05, 4.69) is 31.2 Å². The van der Waals surface area contributed by atoms with Crippen molar-refractivity contribution in [2.75, 3.05) is 52.2 Å². The predicted octanol–water partition coefficient (Wildman–Crippen LogP) is 4.70. The Bertz CT molecular complexity index is 2110. The van der Waals surface area contributed by atoms with Crippen molar-refractivity contribution in [2.45, 2.75) is 6.42 Å². The second-order valence-electron chi connectivity index (χ2n) is 11.9. The van der Waals surface area contributed by atoms with E-state index in [-0.39, 0.29) is 54.4 Å². The van der Waals surface area contributed by atoms with Crippen LogP contribution in [0, 0.1) is 5.41 Å². The molecular weight excluding hydrogens is 733 g/mol. The van der Waals surface area contributed by atoms with Crippen molar-refractivity contribution in [3.05, 3.63) is 83.8 Å². The minimum Gasteiger partial charge on any atom is -0.388 e. The first-order chi connectivity index (χ1) is 24.4. The zero-order valence-corrected chi connectivity index (χ0v) is 31.0. The van der Waals surface area contributed by atoms with E-state index < -0.39 is 11.8 Å². The fourth-order valence-corrected chi connectivity index (χ4v) is 5.99. The summed E-state index contributed by atoms with van der Waals surface area (Å²) in [7, 11) is 5.02. The molecule has 0 bridgehead atoms. The molecule has 8 N–H and O–H groups in total. The van der Waals surface area contributed by atoms with E-state index in [9.17, 15) is 19.2 Å². The molecule has 4 aromatic heterocycles. The second-order valence-corrected chi connectivity index (χ2v) is 12.6. The minimum atomic E-state index is -0.452. The van der Waals surface area contributed by atoms with Gasteiger partial charge in [0.05, 0.1) is 22.9 Å². The number of rotatable bonds is 15. The molecule has 0 aliphatic carbocycles. The molecule has 15 nitrogen and oxygen atoms in total. The molecule has 0 spiro atoms. The quantitative estimate of drug-likeness (QED) is 0.0457. The maximum Gasteiger partial charge on any atom is 0.272 e. The van der Waals surface area contributed by atoms with Crippen LogP contribution in [0.3, 0.4) is 0 Å². The van der Waals surface area contributed by atoms with Crippen molar-refractivity contribution >= 4 is 98.7 Å². The number of hydrogen-bond acceptors (Lipinski definition) is 6. The number of anilines is 4. The maximum atomic E-state index is 13.3. The molecule has 0 radical (unpaired) electrons. The van der Waals surface area contributed by atoms with Crippen LogP contribution in [0.2, 0.25) is 0 Å². The molecule has 1 aromatic carbocycles. The summed E-state index contributed by atoms with van der Waals surface area (Å²) < 4.78 is 4.73. The van der Waals surface area contributed by atoms with Crippen LogP contribution in [0.5, 0.6) is 0 Å². The fraction of sp³-hybridized carbons (Fsp3) is 0.265. The number of aromatic amines is 1. The number of hydrogen-bond donors (Lipinski definition) is 7. The van der Waals surface area contributed by atoms with Crippen LogP contribution in [0.25, 0.3) is 10.9 Å². The third kappa shape index (κ3) is 9.29. The highest BCUT2D eigenvalue weighted by Gasteiger charge is 2.20. The Morgan fingerprint density at radius 1 is 0.750 bits per heavy atom. The molecule has 0 aliphatic rings. The lowest BCUT2D eigenvalue weighted by atomic mass is 10.2. The van der Waals surface area contributed by atoms with Gasteiger partial charge in [0.1, 0.15) is 22.8 Å². The number of benzene rings is 1. The Balaban J connectivity index is 0.00000605.